The molecule has 0 aromatic rings. The SMILES string of the molecule is CC1CCC2(CC1)CNCC2C(=O)O. The van der Waals surface area contributed by atoms with Crippen LogP contribution in [0.25, 0.3) is 0 Å². The molecular formula is C11H19NO2. The van der Waals surface area contributed by atoms with E-state index in [0.29, 0.717) is 6.54 Å². The molecule has 0 radical (unpaired) electrons. The molecule has 1 aliphatic heterocycles. The van der Waals surface area contributed by atoms with E-state index >= 15 is 0 Å². The van der Waals surface area contributed by atoms with Gasteiger partial charge in [0.25, 0.3) is 0 Å². The van der Waals surface area contributed by atoms with Crippen LogP contribution in [0, 0.1) is 17.3 Å². The van der Waals surface area contributed by atoms with Gasteiger partial charge in [0.1, 0.15) is 0 Å². The summed E-state index contributed by atoms with van der Waals surface area (Å²) in [6, 6.07) is 0. The van der Waals surface area contributed by atoms with Crippen molar-refractivity contribution in [2.45, 2.75) is 32.6 Å². The second kappa shape index (κ2) is 3.54. The molecule has 2 rings (SSSR count). The Bertz CT molecular complexity index is 231. The Labute approximate surface area is 84.9 Å². The minimum atomic E-state index is -0.607. The van der Waals surface area contributed by atoms with Crippen LogP contribution < -0.4 is 5.32 Å². The molecule has 1 spiro atoms. The van der Waals surface area contributed by atoms with Gasteiger partial charge < -0.3 is 10.4 Å². The summed E-state index contributed by atoms with van der Waals surface area (Å²) in [4.78, 5) is 11.1. The predicted molar refractivity (Wildman–Crippen MR) is 54.1 cm³/mol. The van der Waals surface area contributed by atoms with Crippen LogP contribution in [-0.2, 0) is 4.79 Å². The molecule has 2 N–H and O–H groups in total. The van der Waals surface area contributed by atoms with Crippen molar-refractivity contribution in [1.82, 2.24) is 5.32 Å². The summed E-state index contributed by atoms with van der Waals surface area (Å²) in [6.07, 6.45) is 4.59. The second-order valence-electron chi connectivity index (χ2n) is 5.07. The lowest BCUT2D eigenvalue weighted by atomic mass is 9.65. The molecule has 3 heteroatoms. The van der Waals surface area contributed by atoms with Crippen LogP contribution in [0.2, 0.25) is 0 Å². The summed E-state index contributed by atoms with van der Waals surface area (Å²) < 4.78 is 0. The fraction of sp³-hybridized carbons (Fsp3) is 0.909. The Morgan fingerprint density at radius 1 is 1.43 bits per heavy atom. The lowest BCUT2D eigenvalue weighted by molar-refractivity contribution is -0.145. The van der Waals surface area contributed by atoms with Crippen molar-refractivity contribution in [1.29, 1.82) is 0 Å². The van der Waals surface area contributed by atoms with Crippen LogP contribution in [0.5, 0.6) is 0 Å². The van der Waals surface area contributed by atoms with Gasteiger partial charge in [0.2, 0.25) is 0 Å². The average molecular weight is 197 g/mol. The van der Waals surface area contributed by atoms with Gasteiger partial charge in [-0.3, -0.25) is 4.79 Å². The first-order valence-corrected chi connectivity index (χ1v) is 5.57. The zero-order chi connectivity index (χ0) is 10.2. The summed E-state index contributed by atoms with van der Waals surface area (Å²) in [6.45, 7) is 3.85. The Morgan fingerprint density at radius 3 is 2.64 bits per heavy atom. The third kappa shape index (κ3) is 1.54. The maximum Gasteiger partial charge on any atom is 0.308 e. The van der Waals surface area contributed by atoms with Gasteiger partial charge in [-0.15, -0.1) is 0 Å². The number of hydrogen-bond acceptors (Lipinski definition) is 2. The van der Waals surface area contributed by atoms with Crippen molar-refractivity contribution >= 4 is 5.97 Å². The van der Waals surface area contributed by atoms with E-state index in [1.165, 1.54) is 12.8 Å². The van der Waals surface area contributed by atoms with E-state index in [2.05, 4.69) is 12.2 Å². The molecule has 2 fully saturated rings. The summed E-state index contributed by atoms with van der Waals surface area (Å²) in [5, 5.41) is 12.4. The Hall–Kier alpha value is -0.570. The highest BCUT2D eigenvalue weighted by atomic mass is 16.4. The standard InChI is InChI=1S/C11H19NO2/c1-8-2-4-11(5-3-8)7-12-6-9(11)10(13)14/h8-9,12H,2-7H2,1H3,(H,13,14). The van der Waals surface area contributed by atoms with Crippen molar-refractivity contribution in [3.05, 3.63) is 0 Å². The highest BCUT2D eigenvalue weighted by Gasteiger charge is 2.47. The lowest BCUT2D eigenvalue weighted by Gasteiger charge is -2.38. The van der Waals surface area contributed by atoms with E-state index in [-0.39, 0.29) is 11.3 Å². The largest absolute Gasteiger partial charge is 0.481 e. The maximum atomic E-state index is 11.1. The average Bonchev–Trinajstić information content (AvgIpc) is 2.55. The molecule has 1 atom stereocenters. The first kappa shape index (κ1) is 9.97. The van der Waals surface area contributed by atoms with Crippen molar-refractivity contribution in [3.63, 3.8) is 0 Å². The van der Waals surface area contributed by atoms with Crippen molar-refractivity contribution in [2.24, 2.45) is 17.3 Å². The number of nitrogens with one attached hydrogen (secondary N) is 1. The van der Waals surface area contributed by atoms with Gasteiger partial charge in [-0.2, -0.15) is 0 Å². The molecule has 3 nitrogen and oxygen atoms in total. The van der Waals surface area contributed by atoms with Crippen LogP contribution in [0.15, 0.2) is 0 Å². The number of aliphatic carboxylic acids is 1. The van der Waals surface area contributed by atoms with Gasteiger partial charge in [0.15, 0.2) is 0 Å². The number of hydrogen-bond donors (Lipinski definition) is 2. The van der Waals surface area contributed by atoms with E-state index < -0.39 is 5.97 Å². The highest BCUT2D eigenvalue weighted by molar-refractivity contribution is 5.72. The first-order chi connectivity index (χ1) is 6.64. The van der Waals surface area contributed by atoms with Crippen LogP contribution in [0.4, 0.5) is 0 Å². The molecule has 2 aliphatic rings. The normalized spacial score (nSPS) is 42.9. The Kier molecular flexibility index (Phi) is 2.52. The molecular weight excluding hydrogens is 178 g/mol. The molecule has 1 saturated heterocycles. The van der Waals surface area contributed by atoms with Crippen LogP contribution in [0.1, 0.15) is 32.6 Å². The van der Waals surface area contributed by atoms with Crippen molar-refractivity contribution < 1.29 is 9.90 Å². The lowest BCUT2D eigenvalue weighted by Crippen LogP contribution is -2.38. The fourth-order valence-electron chi connectivity index (χ4n) is 3.02. The summed E-state index contributed by atoms with van der Waals surface area (Å²) in [5.74, 6) is 0.0372. The smallest absolute Gasteiger partial charge is 0.308 e. The molecule has 1 saturated carbocycles. The molecule has 1 unspecified atom stereocenters. The summed E-state index contributed by atoms with van der Waals surface area (Å²) in [5.41, 5.74) is 0.0817. The first-order valence-electron chi connectivity index (χ1n) is 5.57. The summed E-state index contributed by atoms with van der Waals surface area (Å²) in [7, 11) is 0. The highest BCUT2D eigenvalue weighted by Crippen LogP contribution is 2.46. The predicted octanol–water partition coefficient (Wildman–Crippen LogP) is 1.49. The van der Waals surface area contributed by atoms with Crippen LogP contribution in [0.3, 0.4) is 0 Å². The topological polar surface area (TPSA) is 49.3 Å². The fourth-order valence-corrected chi connectivity index (χ4v) is 3.02. The van der Waals surface area contributed by atoms with E-state index in [0.717, 1.165) is 25.3 Å². The van der Waals surface area contributed by atoms with E-state index in [4.69, 9.17) is 5.11 Å². The molecule has 80 valence electrons. The number of carboxylic acid groups (broad SMARTS) is 1. The zero-order valence-electron chi connectivity index (χ0n) is 8.75. The third-order valence-corrected chi connectivity index (χ3v) is 4.13. The molecule has 0 amide bonds. The number of carbonyl (C=O) groups is 1. The molecule has 0 aromatic heterocycles. The number of carboxylic acids is 1. The monoisotopic (exact) mass is 197 g/mol. The molecule has 0 bridgehead atoms. The maximum absolute atomic E-state index is 11.1. The Morgan fingerprint density at radius 2 is 2.07 bits per heavy atom. The van der Waals surface area contributed by atoms with Gasteiger partial charge in [-0.1, -0.05) is 19.8 Å². The van der Waals surface area contributed by atoms with Gasteiger partial charge >= 0.3 is 5.97 Å². The van der Waals surface area contributed by atoms with Crippen molar-refractivity contribution in [3.8, 4) is 0 Å². The number of rotatable bonds is 1. The van der Waals surface area contributed by atoms with Gasteiger partial charge in [-0.25, -0.2) is 0 Å². The van der Waals surface area contributed by atoms with Crippen molar-refractivity contribution in [2.75, 3.05) is 13.1 Å². The molecule has 1 heterocycles. The van der Waals surface area contributed by atoms with Crippen LogP contribution in [-0.4, -0.2) is 24.2 Å². The van der Waals surface area contributed by atoms with Gasteiger partial charge in [0, 0.05) is 13.1 Å². The van der Waals surface area contributed by atoms with E-state index in [1.807, 2.05) is 0 Å². The molecule has 0 aromatic carbocycles. The van der Waals surface area contributed by atoms with Gasteiger partial charge in [0.05, 0.1) is 5.92 Å². The van der Waals surface area contributed by atoms with E-state index in [1.54, 1.807) is 0 Å². The quantitative estimate of drug-likeness (QED) is 0.669. The Balaban J connectivity index is 2.10. The second-order valence-corrected chi connectivity index (χ2v) is 5.07. The minimum Gasteiger partial charge on any atom is -0.481 e. The van der Waals surface area contributed by atoms with Crippen LogP contribution >= 0.6 is 0 Å². The van der Waals surface area contributed by atoms with E-state index in [9.17, 15) is 4.79 Å². The van der Waals surface area contributed by atoms with Gasteiger partial charge in [-0.05, 0) is 24.2 Å². The summed E-state index contributed by atoms with van der Waals surface area (Å²) >= 11 is 0. The molecule has 1 aliphatic carbocycles. The third-order valence-electron chi connectivity index (χ3n) is 4.13. The zero-order valence-corrected chi connectivity index (χ0v) is 8.75. The minimum absolute atomic E-state index is 0.0817. The molecule has 14 heavy (non-hydrogen) atoms.